The van der Waals surface area contributed by atoms with Crippen LogP contribution in [0.1, 0.15) is 23.0 Å². The highest BCUT2D eigenvalue weighted by atomic mass is 35.5. The number of halogens is 4. The van der Waals surface area contributed by atoms with Crippen molar-refractivity contribution in [2.45, 2.75) is 19.0 Å². The highest BCUT2D eigenvalue weighted by Crippen LogP contribution is 2.38. The van der Waals surface area contributed by atoms with Crippen LogP contribution in [0.2, 0.25) is 5.02 Å². The largest absolute Gasteiger partial charge is 0.497 e. The van der Waals surface area contributed by atoms with Crippen LogP contribution in [0.3, 0.4) is 0 Å². The van der Waals surface area contributed by atoms with Crippen molar-refractivity contribution in [1.82, 2.24) is 24.3 Å². The lowest BCUT2D eigenvalue weighted by Crippen LogP contribution is -2.30. The van der Waals surface area contributed by atoms with E-state index in [1.54, 1.807) is 43.4 Å². The number of aromatic nitrogens is 5. The summed E-state index contributed by atoms with van der Waals surface area (Å²) in [5.41, 5.74) is 7.70. The Labute approximate surface area is 312 Å². The minimum atomic E-state index is -3.96. The number of ether oxygens (including phenoxy) is 1. The molecule has 7 rings (SSSR count). The van der Waals surface area contributed by atoms with Gasteiger partial charge in [0.15, 0.2) is 11.5 Å². The van der Waals surface area contributed by atoms with Crippen molar-refractivity contribution in [3.8, 4) is 22.7 Å². The maximum Gasteiger partial charge on any atom is 0.267 e. The van der Waals surface area contributed by atoms with E-state index in [0.29, 0.717) is 11.3 Å². The Morgan fingerprint density at radius 3 is 2.30 bits per heavy atom. The molecule has 0 saturated heterocycles. The first-order chi connectivity index (χ1) is 25.7. The van der Waals surface area contributed by atoms with E-state index in [0.717, 1.165) is 28.8 Å². The number of nitrogens with zero attached hydrogens (tertiary/aromatic N) is 6. The summed E-state index contributed by atoms with van der Waals surface area (Å²) >= 11 is 6.80. The lowest BCUT2D eigenvalue weighted by molar-refractivity contribution is 0.414. The van der Waals surface area contributed by atoms with E-state index in [1.165, 1.54) is 52.8 Å². The second-order valence-electron chi connectivity index (χ2n) is 12.6. The number of hydrogen-bond donors (Lipinski definition) is 1. The van der Waals surface area contributed by atoms with Gasteiger partial charge in [-0.25, -0.2) is 35.9 Å². The Bertz CT molecular complexity index is 2740. The summed E-state index contributed by atoms with van der Waals surface area (Å²) in [5.74, 6) is -1.64. The molecule has 16 heteroatoms. The van der Waals surface area contributed by atoms with Crippen LogP contribution in [-0.4, -0.2) is 46.1 Å². The summed E-state index contributed by atoms with van der Waals surface area (Å²) < 4.78 is 78.9. The number of benzene rings is 4. The molecule has 54 heavy (non-hydrogen) atoms. The van der Waals surface area contributed by atoms with Crippen molar-refractivity contribution in [2.75, 3.05) is 17.7 Å². The maximum absolute atomic E-state index is 14.8. The third-order valence-electron chi connectivity index (χ3n) is 8.88. The van der Waals surface area contributed by atoms with Crippen LogP contribution < -0.4 is 20.3 Å². The third-order valence-corrected chi connectivity index (χ3v) is 10.3. The topological polar surface area (TPSA) is 138 Å². The zero-order valence-electron chi connectivity index (χ0n) is 29.0. The van der Waals surface area contributed by atoms with E-state index < -0.39 is 39.1 Å². The predicted octanol–water partition coefficient (Wildman–Crippen LogP) is 6.62. The van der Waals surface area contributed by atoms with Crippen molar-refractivity contribution in [3.05, 3.63) is 141 Å². The van der Waals surface area contributed by atoms with Gasteiger partial charge in [-0.2, -0.15) is 5.10 Å². The Morgan fingerprint density at radius 1 is 0.926 bits per heavy atom. The van der Waals surface area contributed by atoms with Gasteiger partial charge in [0.25, 0.3) is 5.56 Å². The average Bonchev–Trinajstić information content (AvgIpc) is 3.47. The summed E-state index contributed by atoms with van der Waals surface area (Å²) in [6.07, 6.45) is 0.887. The van der Waals surface area contributed by atoms with Crippen LogP contribution >= 0.6 is 11.6 Å². The summed E-state index contributed by atoms with van der Waals surface area (Å²) in [6, 6.07) is 20.7. The number of pyridine rings is 1. The van der Waals surface area contributed by atoms with Crippen molar-refractivity contribution in [2.24, 2.45) is 12.8 Å². The van der Waals surface area contributed by atoms with Crippen molar-refractivity contribution in [3.63, 3.8) is 0 Å². The molecule has 0 fully saturated rings. The van der Waals surface area contributed by atoms with Crippen LogP contribution in [-0.2, 0) is 30.0 Å². The molecule has 0 bridgehead atoms. The molecule has 0 saturated carbocycles. The van der Waals surface area contributed by atoms with Gasteiger partial charge in [0.05, 0.1) is 58.6 Å². The number of anilines is 1. The van der Waals surface area contributed by atoms with Crippen molar-refractivity contribution in [1.29, 1.82) is 0 Å². The van der Waals surface area contributed by atoms with Gasteiger partial charge in [0.1, 0.15) is 29.0 Å². The number of methoxy groups -OCH3 is 1. The summed E-state index contributed by atoms with van der Waals surface area (Å²) in [4.78, 5) is 23.9. The van der Waals surface area contributed by atoms with Crippen molar-refractivity contribution < 1.29 is 26.3 Å². The molecule has 0 aliphatic carbocycles. The number of sulfonamides is 1. The molecule has 0 spiro atoms. The molecule has 3 aromatic heterocycles. The van der Waals surface area contributed by atoms with E-state index in [4.69, 9.17) is 27.1 Å². The van der Waals surface area contributed by atoms with Crippen LogP contribution in [0.4, 0.5) is 19.0 Å². The Hall–Kier alpha value is -5.77. The Morgan fingerprint density at radius 2 is 1.63 bits per heavy atom. The average molecular weight is 774 g/mol. The van der Waals surface area contributed by atoms with Gasteiger partial charge in [-0.05, 0) is 78.2 Å². The monoisotopic (exact) mass is 773 g/mol. The second kappa shape index (κ2) is 14.2. The van der Waals surface area contributed by atoms with Gasteiger partial charge in [-0.3, -0.25) is 14.0 Å². The molecule has 0 aliphatic heterocycles. The van der Waals surface area contributed by atoms with Crippen LogP contribution in [0.25, 0.3) is 38.9 Å². The molecule has 276 valence electrons. The van der Waals surface area contributed by atoms with Gasteiger partial charge < -0.3 is 10.5 Å². The predicted molar refractivity (Wildman–Crippen MR) is 201 cm³/mol. The van der Waals surface area contributed by atoms with Crippen LogP contribution in [0, 0.1) is 17.5 Å². The quantitative estimate of drug-likeness (QED) is 0.164. The van der Waals surface area contributed by atoms with E-state index in [-0.39, 0.29) is 74.1 Å². The summed E-state index contributed by atoms with van der Waals surface area (Å²) in [6.45, 7) is -0.108. The van der Waals surface area contributed by atoms with Crippen molar-refractivity contribution >= 4 is 49.4 Å². The fraction of sp³-hybridized carbons (Fsp3) is 0.158. The van der Waals surface area contributed by atoms with E-state index in [1.807, 2.05) is 0 Å². The lowest BCUT2D eigenvalue weighted by Gasteiger charge is -2.21. The molecule has 11 nitrogen and oxygen atoms in total. The summed E-state index contributed by atoms with van der Waals surface area (Å²) in [5, 5.41) is 4.99. The minimum Gasteiger partial charge on any atom is -0.497 e. The lowest BCUT2D eigenvalue weighted by atomic mass is 10.0. The molecule has 0 aliphatic rings. The molecule has 1 unspecified atom stereocenters. The van der Waals surface area contributed by atoms with Crippen LogP contribution in [0.15, 0.2) is 95.8 Å². The molecule has 7 aromatic rings. The standard InChI is InChI=1S/C38H31ClF3N7O4S/c1-47-34-32(15-13-28(39)33(34)37(46-47)48(54(3,51)52)20-21-8-10-25(53-2)11-9-21)49-36(30(43)18-22-16-23(40)19-24(41)17-22)45-35-27(38(49)50)12-14-31(44-35)26-6-4-5-7-29(26)42/h4-17,19,30H,18,20,43H2,1-3H3. The zero-order chi connectivity index (χ0) is 38.5. The second-order valence-corrected chi connectivity index (χ2v) is 14.9. The fourth-order valence-electron chi connectivity index (χ4n) is 6.40. The first-order valence-corrected chi connectivity index (χ1v) is 18.6. The highest BCUT2D eigenvalue weighted by Gasteiger charge is 2.29. The van der Waals surface area contributed by atoms with E-state index in [2.05, 4.69) is 10.1 Å². The number of rotatable bonds is 10. The highest BCUT2D eigenvalue weighted by molar-refractivity contribution is 7.92. The Kier molecular flexibility index (Phi) is 9.64. The normalized spacial score (nSPS) is 12.4. The van der Waals surface area contributed by atoms with Gasteiger partial charge >= 0.3 is 0 Å². The van der Waals surface area contributed by atoms with Gasteiger partial charge in [0.2, 0.25) is 10.0 Å². The smallest absolute Gasteiger partial charge is 0.267 e. The first-order valence-electron chi connectivity index (χ1n) is 16.4. The molecular formula is C38H31ClF3N7O4S. The zero-order valence-corrected chi connectivity index (χ0v) is 30.5. The third kappa shape index (κ3) is 6.88. The molecule has 1 atom stereocenters. The first kappa shape index (κ1) is 36.6. The van der Waals surface area contributed by atoms with Gasteiger partial charge in [0, 0.05) is 18.7 Å². The number of fused-ring (bicyclic) bond motifs is 2. The molecule has 0 amide bonds. The molecule has 0 radical (unpaired) electrons. The number of nitrogens with two attached hydrogens (primary N) is 1. The Balaban J connectivity index is 1.46. The molecule has 2 N–H and O–H groups in total. The van der Waals surface area contributed by atoms with E-state index in [9.17, 15) is 26.4 Å². The SMILES string of the molecule is COc1ccc(CN(c2nn(C)c3c(-n4c(C(N)Cc5cc(F)cc(F)c5)nc5nc(-c6ccccc6F)ccc5c4=O)ccc(Cl)c23)S(C)(=O)=O)cc1. The van der Waals surface area contributed by atoms with Gasteiger partial charge in [-0.15, -0.1) is 0 Å². The minimum absolute atomic E-state index is 0.00301. The maximum atomic E-state index is 14.8. The fourth-order valence-corrected chi connectivity index (χ4v) is 7.46. The van der Waals surface area contributed by atoms with E-state index >= 15 is 0 Å². The summed E-state index contributed by atoms with van der Waals surface area (Å²) in [7, 11) is -0.877. The molecule has 3 heterocycles. The van der Waals surface area contributed by atoms with Gasteiger partial charge in [-0.1, -0.05) is 35.9 Å². The molecule has 4 aromatic carbocycles. The van der Waals surface area contributed by atoms with Crippen LogP contribution in [0.5, 0.6) is 5.75 Å². The number of hydrogen-bond acceptors (Lipinski definition) is 8. The number of aryl methyl sites for hydroxylation is 1. The molecular weight excluding hydrogens is 743 g/mol.